The number of aromatic nitrogens is 3. The van der Waals surface area contributed by atoms with Crippen LogP contribution in [0.2, 0.25) is 0 Å². The van der Waals surface area contributed by atoms with Crippen molar-refractivity contribution in [2.45, 2.75) is 43.0 Å². The minimum atomic E-state index is -3.81. The first-order valence-electron chi connectivity index (χ1n) is 9.08. The molecule has 1 saturated carbocycles. The molecule has 8 nitrogen and oxygen atoms in total. The van der Waals surface area contributed by atoms with Gasteiger partial charge in [-0.25, -0.2) is 17.9 Å². The Balaban J connectivity index is 1.59. The van der Waals surface area contributed by atoms with Crippen LogP contribution in [-0.4, -0.2) is 22.7 Å². The van der Waals surface area contributed by atoms with Crippen LogP contribution < -0.4 is 10.4 Å². The molecule has 0 bridgehead atoms. The van der Waals surface area contributed by atoms with E-state index in [4.69, 9.17) is 4.52 Å². The lowest BCUT2D eigenvalue weighted by atomic mass is 10.1. The molecular formula is C18H21BrN4O4S. The summed E-state index contributed by atoms with van der Waals surface area (Å²) in [5.41, 5.74) is 1.53. The Kier molecular flexibility index (Phi) is 4.96. The fourth-order valence-corrected chi connectivity index (χ4v) is 5.81. The van der Waals surface area contributed by atoms with E-state index in [-0.39, 0.29) is 17.1 Å². The molecule has 1 aliphatic rings. The van der Waals surface area contributed by atoms with Crippen LogP contribution in [-0.2, 0) is 30.7 Å². The molecule has 28 heavy (non-hydrogen) atoms. The first kappa shape index (κ1) is 19.4. The van der Waals surface area contributed by atoms with Crippen molar-refractivity contribution in [2.24, 2.45) is 14.1 Å². The Labute approximate surface area is 170 Å². The van der Waals surface area contributed by atoms with Gasteiger partial charge in [-0.1, -0.05) is 18.0 Å². The Morgan fingerprint density at radius 2 is 1.82 bits per heavy atom. The van der Waals surface area contributed by atoms with E-state index in [1.165, 1.54) is 28.0 Å². The van der Waals surface area contributed by atoms with Crippen molar-refractivity contribution >= 4 is 37.0 Å². The monoisotopic (exact) mass is 468 g/mol. The highest BCUT2D eigenvalue weighted by atomic mass is 79.9. The van der Waals surface area contributed by atoms with Gasteiger partial charge in [0.25, 0.3) is 0 Å². The van der Waals surface area contributed by atoms with Crippen LogP contribution in [0.15, 0.2) is 36.9 Å². The van der Waals surface area contributed by atoms with Crippen LogP contribution >= 0.6 is 15.9 Å². The smallest absolute Gasteiger partial charge is 0.328 e. The summed E-state index contributed by atoms with van der Waals surface area (Å²) >= 11 is 3.32. The lowest BCUT2D eigenvalue weighted by Gasteiger charge is -2.08. The summed E-state index contributed by atoms with van der Waals surface area (Å²) in [6.07, 6.45) is 4.55. The van der Waals surface area contributed by atoms with Crippen molar-refractivity contribution in [3.63, 3.8) is 0 Å². The SMILES string of the molecule is Cn1c(=O)n(C)c2cc(S(=O)(=O)NCc3cc(C4CCCC4)on3)c(Br)cc21. The van der Waals surface area contributed by atoms with Crippen LogP contribution in [0.25, 0.3) is 11.0 Å². The van der Waals surface area contributed by atoms with Gasteiger partial charge in [-0.15, -0.1) is 0 Å². The van der Waals surface area contributed by atoms with E-state index >= 15 is 0 Å². The molecule has 10 heteroatoms. The maximum Gasteiger partial charge on any atom is 0.328 e. The van der Waals surface area contributed by atoms with Crippen LogP contribution in [0.5, 0.6) is 0 Å². The molecule has 1 aromatic carbocycles. The number of benzene rings is 1. The first-order valence-corrected chi connectivity index (χ1v) is 11.4. The summed E-state index contributed by atoms with van der Waals surface area (Å²) < 4.78 is 36.9. The number of halogens is 1. The second-order valence-corrected chi connectivity index (χ2v) is 9.79. The number of aryl methyl sites for hydroxylation is 2. The van der Waals surface area contributed by atoms with Gasteiger partial charge in [-0.3, -0.25) is 9.13 Å². The molecule has 0 amide bonds. The van der Waals surface area contributed by atoms with E-state index in [1.54, 1.807) is 20.2 Å². The molecule has 0 aliphatic heterocycles. The van der Waals surface area contributed by atoms with E-state index in [2.05, 4.69) is 25.8 Å². The Morgan fingerprint density at radius 3 is 2.50 bits per heavy atom. The zero-order valence-corrected chi connectivity index (χ0v) is 18.0. The molecule has 3 aromatic rings. The third-order valence-electron chi connectivity index (χ3n) is 5.39. The van der Waals surface area contributed by atoms with Gasteiger partial charge in [-0.05, 0) is 40.9 Å². The number of hydrogen-bond acceptors (Lipinski definition) is 5. The minimum absolute atomic E-state index is 0.0384. The minimum Gasteiger partial charge on any atom is -0.361 e. The maximum absolute atomic E-state index is 12.8. The van der Waals surface area contributed by atoms with E-state index in [0.29, 0.717) is 27.1 Å². The van der Waals surface area contributed by atoms with Crippen LogP contribution in [0.3, 0.4) is 0 Å². The third-order valence-corrected chi connectivity index (χ3v) is 7.75. The number of sulfonamides is 1. The van der Waals surface area contributed by atoms with Crippen molar-refractivity contribution in [3.05, 3.63) is 44.6 Å². The molecule has 0 spiro atoms. The highest BCUT2D eigenvalue weighted by Crippen LogP contribution is 2.34. The van der Waals surface area contributed by atoms with E-state index in [0.717, 1.165) is 18.6 Å². The molecule has 150 valence electrons. The lowest BCUT2D eigenvalue weighted by molar-refractivity contribution is 0.355. The predicted octanol–water partition coefficient (Wildman–Crippen LogP) is 2.76. The third kappa shape index (κ3) is 3.33. The number of fused-ring (bicyclic) bond motifs is 1. The van der Waals surface area contributed by atoms with Gasteiger partial charge in [0, 0.05) is 30.6 Å². The summed E-state index contributed by atoms with van der Waals surface area (Å²) in [5, 5.41) is 4.00. The average molecular weight is 469 g/mol. The number of nitrogens with one attached hydrogen (secondary N) is 1. The summed E-state index contributed by atoms with van der Waals surface area (Å²) in [4.78, 5) is 12.2. The van der Waals surface area contributed by atoms with Gasteiger partial charge in [-0.2, -0.15) is 0 Å². The average Bonchev–Trinajstić information content (AvgIpc) is 3.38. The van der Waals surface area contributed by atoms with Crippen molar-refractivity contribution in [1.29, 1.82) is 0 Å². The van der Waals surface area contributed by atoms with E-state index in [9.17, 15) is 13.2 Å². The first-order chi connectivity index (χ1) is 13.3. The quantitative estimate of drug-likeness (QED) is 0.620. The summed E-state index contributed by atoms with van der Waals surface area (Å²) in [5.74, 6) is 1.21. The van der Waals surface area contributed by atoms with Crippen LogP contribution in [0.4, 0.5) is 0 Å². The van der Waals surface area contributed by atoms with Gasteiger partial charge < -0.3 is 4.52 Å². The summed E-state index contributed by atoms with van der Waals surface area (Å²) in [6.45, 7) is 0.0384. The number of imidazole rings is 1. The summed E-state index contributed by atoms with van der Waals surface area (Å²) in [6, 6.07) is 4.97. The number of nitrogens with zero attached hydrogens (tertiary/aromatic N) is 3. The summed E-state index contributed by atoms with van der Waals surface area (Å²) in [7, 11) is -0.552. The van der Waals surface area contributed by atoms with E-state index in [1.807, 2.05) is 6.07 Å². The highest BCUT2D eigenvalue weighted by molar-refractivity contribution is 9.10. The molecule has 0 unspecified atom stereocenters. The molecule has 1 aliphatic carbocycles. The predicted molar refractivity (Wildman–Crippen MR) is 108 cm³/mol. The topological polar surface area (TPSA) is 99.1 Å². The maximum atomic E-state index is 12.8. The highest BCUT2D eigenvalue weighted by Gasteiger charge is 2.24. The fourth-order valence-electron chi connectivity index (χ4n) is 3.77. The molecule has 1 fully saturated rings. The number of hydrogen-bond donors (Lipinski definition) is 1. The zero-order chi connectivity index (χ0) is 20.1. The van der Waals surface area contributed by atoms with Crippen LogP contribution in [0, 0.1) is 0 Å². The van der Waals surface area contributed by atoms with Gasteiger partial charge in [0.1, 0.15) is 5.76 Å². The Hall–Kier alpha value is -1.91. The van der Waals surface area contributed by atoms with Crippen molar-refractivity contribution < 1.29 is 12.9 Å². The normalized spacial score (nSPS) is 15.7. The Morgan fingerprint density at radius 1 is 1.18 bits per heavy atom. The van der Waals surface area contributed by atoms with Crippen LogP contribution in [0.1, 0.15) is 43.1 Å². The van der Waals surface area contributed by atoms with Gasteiger partial charge in [0.05, 0.1) is 28.2 Å². The van der Waals surface area contributed by atoms with Gasteiger partial charge >= 0.3 is 5.69 Å². The van der Waals surface area contributed by atoms with E-state index < -0.39 is 10.0 Å². The molecular weight excluding hydrogens is 448 g/mol. The lowest BCUT2D eigenvalue weighted by Crippen LogP contribution is -2.24. The van der Waals surface area contributed by atoms with Crippen molar-refractivity contribution in [1.82, 2.24) is 19.0 Å². The Bertz CT molecular complexity index is 1200. The largest absolute Gasteiger partial charge is 0.361 e. The molecule has 0 saturated heterocycles. The molecule has 0 radical (unpaired) electrons. The fraction of sp³-hybridized carbons (Fsp3) is 0.444. The molecule has 1 N–H and O–H groups in total. The number of rotatable bonds is 5. The second-order valence-electron chi connectivity index (χ2n) is 7.20. The van der Waals surface area contributed by atoms with Crippen molar-refractivity contribution in [3.8, 4) is 0 Å². The standard InChI is InChI=1S/C18H21BrN4O4S/c1-22-14-8-13(19)17(9-15(14)23(2)18(22)24)28(25,26)20-10-12-7-16(27-21-12)11-5-3-4-6-11/h7-9,11,20H,3-6,10H2,1-2H3. The van der Waals surface area contributed by atoms with Gasteiger partial charge in [0.15, 0.2) is 0 Å². The van der Waals surface area contributed by atoms with Crippen molar-refractivity contribution in [2.75, 3.05) is 0 Å². The molecule has 2 heterocycles. The molecule has 0 atom stereocenters. The molecule has 4 rings (SSSR count). The second kappa shape index (κ2) is 7.16. The van der Waals surface area contributed by atoms with Gasteiger partial charge in [0.2, 0.25) is 10.0 Å². The zero-order valence-electron chi connectivity index (χ0n) is 15.6. The molecule has 2 aromatic heterocycles.